The molecule has 0 heterocycles. The lowest BCUT2D eigenvalue weighted by Crippen LogP contribution is -2.05. The average molecular weight is 258 g/mol. The molecule has 1 aromatic rings. The van der Waals surface area contributed by atoms with Crippen LogP contribution in [0.1, 0.15) is 23.6 Å². The molecule has 0 N–H and O–H groups in total. The van der Waals surface area contributed by atoms with Crippen LogP contribution in [0.3, 0.4) is 0 Å². The number of rotatable bonds is 3. The Morgan fingerprint density at radius 3 is 2.56 bits per heavy atom. The van der Waals surface area contributed by atoms with Gasteiger partial charge in [0, 0.05) is 6.08 Å². The van der Waals surface area contributed by atoms with Crippen LogP contribution in [0.4, 0.5) is 13.2 Å². The minimum absolute atomic E-state index is 0.259. The molecule has 1 rings (SSSR count). The van der Waals surface area contributed by atoms with Crippen LogP contribution in [-0.2, 0) is 15.7 Å². The summed E-state index contributed by atoms with van der Waals surface area (Å²) in [5.41, 5.74) is 0.301. The molecule has 98 valence electrons. The maximum absolute atomic E-state index is 12.4. The van der Waals surface area contributed by atoms with Crippen LogP contribution >= 0.6 is 0 Å². The molecule has 18 heavy (non-hydrogen) atoms. The topological polar surface area (TPSA) is 26.3 Å². The second-order valence-electron chi connectivity index (χ2n) is 3.65. The van der Waals surface area contributed by atoms with Gasteiger partial charge in [0.1, 0.15) is 0 Å². The number of aryl methyl sites for hydroxylation is 1. The number of halogens is 3. The second-order valence-corrected chi connectivity index (χ2v) is 3.65. The first-order valence-corrected chi connectivity index (χ1v) is 5.37. The summed E-state index contributed by atoms with van der Waals surface area (Å²) < 4.78 is 41.9. The number of hydrogen-bond donors (Lipinski definition) is 0. The molecular weight excluding hydrogens is 245 g/mol. The van der Waals surface area contributed by atoms with E-state index in [4.69, 9.17) is 0 Å². The monoisotopic (exact) mass is 258 g/mol. The first-order chi connectivity index (χ1) is 8.34. The standard InChI is InChI=1S/C13H13F3O2/c1-3-18-12(17)7-5-10-4-6-11(8-9(10)2)13(14,15)16/h4-8H,3H2,1-2H3. The van der Waals surface area contributed by atoms with E-state index in [0.29, 0.717) is 11.1 Å². The minimum Gasteiger partial charge on any atom is -0.463 e. The lowest BCUT2D eigenvalue weighted by Gasteiger charge is -2.08. The molecular formula is C13H13F3O2. The smallest absolute Gasteiger partial charge is 0.416 e. The maximum atomic E-state index is 12.4. The van der Waals surface area contributed by atoms with Crippen LogP contribution in [0.25, 0.3) is 6.08 Å². The van der Waals surface area contributed by atoms with Crippen molar-refractivity contribution >= 4 is 12.0 Å². The summed E-state index contributed by atoms with van der Waals surface area (Å²) in [6.07, 6.45) is -1.72. The normalized spacial score (nSPS) is 11.8. The Balaban J connectivity index is 2.90. The summed E-state index contributed by atoms with van der Waals surface area (Å²) in [7, 11) is 0. The minimum atomic E-state index is -4.35. The number of carbonyl (C=O) groups is 1. The van der Waals surface area contributed by atoms with Gasteiger partial charge in [0.2, 0.25) is 0 Å². The van der Waals surface area contributed by atoms with Gasteiger partial charge in [-0.25, -0.2) is 4.79 Å². The summed E-state index contributed by atoms with van der Waals surface area (Å²) in [5.74, 6) is -0.517. The fraction of sp³-hybridized carbons (Fsp3) is 0.308. The predicted octanol–water partition coefficient (Wildman–Crippen LogP) is 3.59. The van der Waals surface area contributed by atoms with Gasteiger partial charge in [-0.05, 0) is 43.2 Å². The molecule has 0 atom stereocenters. The van der Waals surface area contributed by atoms with Crippen molar-refractivity contribution in [1.82, 2.24) is 0 Å². The summed E-state index contributed by atoms with van der Waals surface area (Å²) >= 11 is 0. The number of carbonyl (C=O) groups excluding carboxylic acids is 1. The van der Waals surface area contributed by atoms with Gasteiger partial charge in [-0.15, -0.1) is 0 Å². The molecule has 0 radical (unpaired) electrons. The van der Waals surface area contributed by atoms with E-state index in [1.165, 1.54) is 18.2 Å². The van der Waals surface area contributed by atoms with Crippen molar-refractivity contribution in [3.8, 4) is 0 Å². The zero-order valence-electron chi connectivity index (χ0n) is 10.0. The molecule has 0 amide bonds. The highest BCUT2D eigenvalue weighted by Gasteiger charge is 2.30. The van der Waals surface area contributed by atoms with Crippen molar-refractivity contribution in [3.63, 3.8) is 0 Å². The van der Waals surface area contributed by atoms with Crippen LogP contribution in [-0.4, -0.2) is 12.6 Å². The number of ether oxygens (including phenoxy) is 1. The molecule has 0 unspecified atom stereocenters. The Labute approximate surface area is 103 Å². The number of hydrogen-bond acceptors (Lipinski definition) is 2. The summed E-state index contributed by atoms with van der Waals surface area (Å²) in [6, 6.07) is 3.36. The summed E-state index contributed by atoms with van der Waals surface area (Å²) in [5, 5.41) is 0. The molecule has 2 nitrogen and oxygen atoms in total. The molecule has 0 aliphatic heterocycles. The molecule has 0 fully saturated rings. The van der Waals surface area contributed by atoms with Crippen molar-refractivity contribution < 1.29 is 22.7 Å². The van der Waals surface area contributed by atoms with E-state index in [1.54, 1.807) is 13.8 Å². The Morgan fingerprint density at radius 1 is 1.39 bits per heavy atom. The van der Waals surface area contributed by atoms with Gasteiger partial charge in [0.25, 0.3) is 0 Å². The third-order valence-corrected chi connectivity index (χ3v) is 2.28. The van der Waals surface area contributed by atoms with E-state index in [-0.39, 0.29) is 6.61 Å². The fourth-order valence-electron chi connectivity index (χ4n) is 1.39. The molecule has 1 aromatic carbocycles. The van der Waals surface area contributed by atoms with Gasteiger partial charge < -0.3 is 4.74 Å². The molecule has 0 aliphatic carbocycles. The predicted molar refractivity (Wildman–Crippen MR) is 61.8 cm³/mol. The molecule has 0 spiro atoms. The zero-order valence-corrected chi connectivity index (χ0v) is 10.0. The van der Waals surface area contributed by atoms with E-state index < -0.39 is 17.7 Å². The number of benzene rings is 1. The molecule has 0 aromatic heterocycles. The SMILES string of the molecule is CCOC(=O)C=Cc1ccc(C(F)(F)F)cc1C. The lowest BCUT2D eigenvalue weighted by molar-refractivity contribution is -0.138. The maximum Gasteiger partial charge on any atom is 0.416 e. The highest BCUT2D eigenvalue weighted by Crippen LogP contribution is 2.30. The molecule has 0 saturated heterocycles. The van der Waals surface area contributed by atoms with E-state index in [1.807, 2.05) is 0 Å². The first kappa shape index (κ1) is 14.3. The molecule has 0 aliphatic rings. The Hall–Kier alpha value is -1.78. The van der Waals surface area contributed by atoms with Gasteiger partial charge in [0.05, 0.1) is 12.2 Å². The Morgan fingerprint density at radius 2 is 2.06 bits per heavy atom. The number of alkyl halides is 3. The highest BCUT2D eigenvalue weighted by molar-refractivity contribution is 5.87. The largest absolute Gasteiger partial charge is 0.463 e. The fourth-order valence-corrected chi connectivity index (χ4v) is 1.39. The van der Waals surface area contributed by atoms with E-state index in [0.717, 1.165) is 12.1 Å². The van der Waals surface area contributed by atoms with Gasteiger partial charge in [-0.1, -0.05) is 6.07 Å². The highest BCUT2D eigenvalue weighted by atomic mass is 19.4. The van der Waals surface area contributed by atoms with Crippen LogP contribution in [0.15, 0.2) is 24.3 Å². The zero-order chi connectivity index (χ0) is 13.8. The molecule has 0 saturated carbocycles. The van der Waals surface area contributed by atoms with Crippen LogP contribution < -0.4 is 0 Å². The third kappa shape index (κ3) is 3.91. The van der Waals surface area contributed by atoms with Gasteiger partial charge in [-0.3, -0.25) is 0 Å². The van der Waals surface area contributed by atoms with Crippen LogP contribution in [0.2, 0.25) is 0 Å². The average Bonchev–Trinajstić information content (AvgIpc) is 2.26. The van der Waals surface area contributed by atoms with Crippen molar-refractivity contribution in [2.45, 2.75) is 20.0 Å². The van der Waals surface area contributed by atoms with Gasteiger partial charge >= 0.3 is 12.1 Å². The number of esters is 1. The first-order valence-electron chi connectivity index (χ1n) is 5.37. The van der Waals surface area contributed by atoms with Crippen LogP contribution in [0.5, 0.6) is 0 Å². The molecule has 5 heteroatoms. The van der Waals surface area contributed by atoms with Crippen molar-refractivity contribution in [3.05, 3.63) is 41.0 Å². The van der Waals surface area contributed by atoms with Gasteiger partial charge in [0.15, 0.2) is 0 Å². The summed E-state index contributed by atoms with van der Waals surface area (Å²) in [4.78, 5) is 11.1. The lowest BCUT2D eigenvalue weighted by atomic mass is 10.0. The van der Waals surface area contributed by atoms with Gasteiger partial charge in [-0.2, -0.15) is 13.2 Å². The Kier molecular flexibility index (Phi) is 4.53. The van der Waals surface area contributed by atoms with Crippen LogP contribution in [0, 0.1) is 6.92 Å². The quantitative estimate of drug-likeness (QED) is 0.611. The summed E-state index contributed by atoms with van der Waals surface area (Å²) in [6.45, 7) is 3.49. The van der Waals surface area contributed by atoms with E-state index in [9.17, 15) is 18.0 Å². The van der Waals surface area contributed by atoms with E-state index in [2.05, 4.69) is 4.74 Å². The van der Waals surface area contributed by atoms with Crippen molar-refractivity contribution in [1.29, 1.82) is 0 Å². The van der Waals surface area contributed by atoms with Crippen molar-refractivity contribution in [2.24, 2.45) is 0 Å². The second kappa shape index (κ2) is 5.71. The van der Waals surface area contributed by atoms with Crippen molar-refractivity contribution in [2.75, 3.05) is 6.61 Å². The molecule has 0 bridgehead atoms. The third-order valence-electron chi connectivity index (χ3n) is 2.28. The Bertz CT molecular complexity index is 462. The van der Waals surface area contributed by atoms with E-state index >= 15 is 0 Å².